The molecule has 0 atom stereocenters. The third-order valence-corrected chi connectivity index (χ3v) is 3.64. The van der Waals surface area contributed by atoms with Crippen LogP contribution in [0, 0.1) is 19.7 Å². The maximum absolute atomic E-state index is 13.5. The summed E-state index contributed by atoms with van der Waals surface area (Å²) in [6, 6.07) is 9.17. The fourth-order valence-electron chi connectivity index (χ4n) is 1.91. The Morgan fingerprint density at radius 2 is 1.84 bits per heavy atom. The second-order valence-electron chi connectivity index (χ2n) is 5.37. The van der Waals surface area contributed by atoms with E-state index in [4.69, 9.17) is 21.1 Å². The Bertz CT molecular complexity index is 795. The number of carbonyl (C=O) groups excluding carboxylic acids is 2. The van der Waals surface area contributed by atoms with Crippen LogP contribution in [0.5, 0.6) is 5.75 Å². The van der Waals surface area contributed by atoms with Gasteiger partial charge in [0.05, 0.1) is 5.69 Å². The van der Waals surface area contributed by atoms with Gasteiger partial charge in [-0.3, -0.25) is 4.79 Å². The number of benzene rings is 2. The Kier molecular flexibility index (Phi) is 6.36. The minimum Gasteiger partial charge on any atom is -0.482 e. The lowest BCUT2D eigenvalue weighted by atomic mass is 10.1. The highest BCUT2D eigenvalue weighted by molar-refractivity contribution is 6.30. The monoisotopic (exact) mass is 365 g/mol. The summed E-state index contributed by atoms with van der Waals surface area (Å²) in [4.78, 5) is 23.3. The van der Waals surface area contributed by atoms with E-state index in [1.54, 1.807) is 12.1 Å². The lowest BCUT2D eigenvalue weighted by Crippen LogP contribution is -2.24. The van der Waals surface area contributed by atoms with Crippen LogP contribution in [0.2, 0.25) is 5.02 Å². The third kappa shape index (κ3) is 5.76. The molecule has 0 aromatic heterocycles. The highest BCUT2D eigenvalue weighted by atomic mass is 35.5. The van der Waals surface area contributed by atoms with Crippen molar-refractivity contribution in [2.24, 2.45) is 0 Å². The number of anilines is 1. The number of nitrogens with one attached hydrogen (secondary N) is 1. The van der Waals surface area contributed by atoms with Gasteiger partial charge in [0, 0.05) is 5.02 Å². The van der Waals surface area contributed by atoms with Crippen molar-refractivity contribution in [3.8, 4) is 5.75 Å². The summed E-state index contributed by atoms with van der Waals surface area (Å²) in [5.74, 6) is -1.49. The topological polar surface area (TPSA) is 64.6 Å². The maximum Gasteiger partial charge on any atom is 0.344 e. The Balaban J connectivity index is 1.78. The van der Waals surface area contributed by atoms with E-state index in [0.29, 0.717) is 5.75 Å². The Hall–Kier alpha value is -2.60. The summed E-state index contributed by atoms with van der Waals surface area (Å²) in [7, 11) is 0. The van der Waals surface area contributed by atoms with Gasteiger partial charge in [0.25, 0.3) is 5.91 Å². The van der Waals surface area contributed by atoms with Gasteiger partial charge < -0.3 is 14.8 Å². The van der Waals surface area contributed by atoms with E-state index in [9.17, 15) is 14.0 Å². The van der Waals surface area contributed by atoms with Crippen LogP contribution in [0.3, 0.4) is 0 Å². The van der Waals surface area contributed by atoms with Gasteiger partial charge >= 0.3 is 5.97 Å². The molecule has 2 rings (SSSR count). The van der Waals surface area contributed by atoms with Crippen LogP contribution < -0.4 is 10.1 Å². The van der Waals surface area contributed by atoms with Gasteiger partial charge in [-0.05, 0) is 55.3 Å². The maximum atomic E-state index is 13.5. The van der Waals surface area contributed by atoms with Crippen LogP contribution in [0.1, 0.15) is 11.1 Å². The van der Waals surface area contributed by atoms with Gasteiger partial charge in [0.15, 0.2) is 13.2 Å². The van der Waals surface area contributed by atoms with Crippen LogP contribution in [0.4, 0.5) is 10.1 Å². The van der Waals surface area contributed by atoms with Gasteiger partial charge in [0.1, 0.15) is 11.6 Å². The zero-order valence-corrected chi connectivity index (χ0v) is 14.5. The zero-order valence-electron chi connectivity index (χ0n) is 13.8. The first kappa shape index (κ1) is 18.7. The molecular weight excluding hydrogens is 349 g/mol. The number of esters is 1. The molecule has 0 aliphatic rings. The second-order valence-corrected chi connectivity index (χ2v) is 5.80. The van der Waals surface area contributed by atoms with Gasteiger partial charge in [-0.25, -0.2) is 9.18 Å². The number of hydrogen-bond donors (Lipinski definition) is 1. The van der Waals surface area contributed by atoms with E-state index >= 15 is 0 Å². The Morgan fingerprint density at radius 3 is 2.56 bits per heavy atom. The van der Waals surface area contributed by atoms with E-state index in [1.165, 1.54) is 12.1 Å². The number of amides is 1. The quantitative estimate of drug-likeness (QED) is 0.793. The lowest BCUT2D eigenvalue weighted by Gasteiger charge is -2.09. The molecule has 25 heavy (non-hydrogen) atoms. The van der Waals surface area contributed by atoms with Crippen molar-refractivity contribution in [3.05, 3.63) is 58.4 Å². The second kappa shape index (κ2) is 8.48. The predicted octanol–water partition coefficient (Wildman–Crippen LogP) is 3.66. The van der Waals surface area contributed by atoms with Crippen LogP contribution in [0.25, 0.3) is 0 Å². The first-order valence-electron chi connectivity index (χ1n) is 7.45. The number of rotatable bonds is 6. The van der Waals surface area contributed by atoms with Crippen molar-refractivity contribution in [2.75, 3.05) is 18.5 Å². The Morgan fingerprint density at radius 1 is 1.08 bits per heavy atom. The summed E-state index contributed by atoms with van der Waals surface area (Å²) in [5.41, 5.74) is 2.06. The van der Waals surface area contributed by atoms with E-state index in [-0.39, 0.29) is 17.3 Å². The summed E-state index contributed by atoms with van der Waals surface area (Å²) in [6.07, 6.45) is 0. The highest BCUT2D eigenvalue weighted by Crippen LogP contribution is 2.19. The summed E-state index contributed by atoms with van der Waals surface area (Å²) in [6.45, 7) is 3.01. The molecular formula is C18H17ClFNO4. The van der Waals surface area contributed by atoms with Crippen molar-refractivity contribution in [1.29, 1.82) is 0 Å². The van der Waals surface area contributed by atoms with E-state index < -0.39 is 24.3 Å². The standard InChI is InChI=1S/C18H17ClFNO4/c1-11-3-5-14(7-12(11)2)24-10-18(23)25-9-17(22)21-16-8-13(19)4-6-15(16)20/h3-8H,9-10H2,1-2H3,(H,21,22). The predicted molar refractivity (Wildman–Crippen MR) is 92.4 cm³/mol. The van der Waals surface area contributed by atoms with Gasteiger partial charge in [-0.1, -0.05) is 17.7 Å². The SMILES string of the molecule is Cc1ccc(OCC(=O)OCC(=O)Nc2cc(Cl)ccc2F)cc1C. The Labute approximate surface area is 149 Å². The van der Waals surface area contributed by atoms with Crippen molar-refractivity contribution in [1.82, 2.24) is 0 Å². The van der Waals surface area contributed by atoms with Gasteiger partial charge in [-0.15, -0.1) is 0 Å². The molecule has 2 aromatic carbocycles. The number of hydrogen-bond acceptors (Lipinski definition) is 4. The van der Waals surface area contributed by atoms with Crippen LogP contribution in [0.15, 0.2) is 36.4 Å². The molecule has 5 nitrogen and oxygen atoms in total. The van der Waals surface area contributed by atoms with Crippen molar-refractivity contribution in [3.63, 3.8) is 0 Å². The summed E-state index contributed by atoms with van der Waals surface area (Å²) < 4.78 is 23.6. The van der Waals surface area contributed by atoms with Crippen LogP contribution in [-0.2, 0) is 14.3 Å². The highest BCUT2D eigenvalue weighted by Gasteiger charge is 2.11. The van der Waals surface area contributed by atoms with E-state index in [0.717, 1.165) is 17.2 Å². The molecule has 0 radical (unpaired) electrons. The fraction of sp³-hybridized carbons (Fsp3) is 0.222. The molecule has 0 spiro atoms. The molecule has 0 aliphatic carbocycles. The van der Waals surface area contributed by atoms with E-state index in [1.807, 2.05) is 19.9 Å². The largest absolute Gasteiger partial charge is 0.482 e. The molecule has 1 N–H and O–H groups in total. The molecule has 7 heteroatoms. The van der Waals surface area contributed by atoms with Crippen LogP contribution in [-0.4, -0.2) is 25.1 Å². The number of aryl methyl sites for hydroxylation is 2. The first-order valence-corrected chi connectivity index (χ1v) is 7.83. The molecule has 2 aromatic rings. The van der Waals surface area contributed by atoms with E-state index in [2.05, 4.69) is 5.32 Å². The van der Waals surface area contributed by atoms with Crippen molar-refractivity contribution < 1.29 is 23.5 Å². The molecule has 132 valence electrons. The van der Waals surface area contributed by atoms with Crippen LogP contribution >= 0.6 is 11.6 Å². The number of carbonyl (C=O) groups is 2. The average molecular weight is 366 g/mol. The molecule has 0 saturated carbocycles. The minimum absolute atomic E-state index is 0.0834. The molecule has 0 aliphatic heterocycles. The molecule has 0 bridgehead atoms. The smallest absolute Gasteiger partial charge is 0.344 e. The normalized spacial score (nSPS) is 10.2. The average Bonchev–Trinajstić information content (AvgIpc) is 2.57. The van der Waals surface area contributed by atoms with Crippen molar-refractivity contribution >= 4 is 29.2 Å². The number of halogens is 2. The summed E-state index contributed by atoms with van der Waals surface area (Å²) in [5, 5.41) is 2.55. The molecule has 0 fully saturated rings. The first-order chi connectivity index (χ1) is 11.8. The molecule has 0 heterocycles. The summed E-state index contributed by atoms with van der Waals surface area (Å²) >= 11 is 5.73. The van der Waals surface area contributed by atoms with Gasteiger partial charge in [-0.2, -0.15) is 0 Å². The lowest BCUT2D eigenvalue weighted by molar-refractivity contribution is -0.149. The molecule has 1 amide bonds. The third-order valence-electron chi connectivity index (χ3n) is 3.40. The van der Waals surface area contributed by atoms with Gasteiger partial charge in [0.2, 0.25) is 0 Å². The minimum atomic E-state index is -0.708. The zero-order chi connectivity index (χ0) is 18.4. The molecule has 0 unspecified atom stereocenters. The molecule has 0 saturated heterocycles. The van der Waals surface area contributed by atoms with Crippen molar-refractivity contribution in [2.45, 2.75) is 13.8 Å². The fourth-order valence-corrected chi connectivity index (χ4v) is 2.09. The number of ether oxygens (including phenoxy) is 2.